The van der Waals surface area contributed by atoms with E-state index in [9.17, 15) is 9.59 Å². The van der Waals surface area contributed by atoms with Gasteiger partial charge >= 0.3 is 0 Å². The maximum absolute atomic E-state index is 12.0. The molecule has 0 aliphatic carbocycles. The van der Waals surface area contributed by atoms with Gasteiger partial charge < -0.3 is 5.32 Å². The van der Waals surface area contributed by atoms with Gasteiger partial charge in [-0.15, -0.1) is 0 Å². The second kappa shape index (κ2) is 8.47. The van der Waals surface area contributed by atoms with Crippen LogP contribution in [-0.4, -0.2) is 17.5 Å². The Morgan fingerprint density at radius 3 is 2.46 bits per heavy atom. The molecule has 0 fully saturated rings. The normalized spacial score (nSPS) is 11.0. The second-order valence-electron chi connectivity index (χ2n) is 5.00. The number of halogens is 2. The molecule has 2 N–H and O–H groups in total. The van der Waals surface area contributed by atoms with Crippen LogP contribution >= 0.6 is 23.2 Å². The summed E-state index contributed by atoms with van der Waals surface area (Å²) in [6.45, 7) is 1.65. The first-order valence-corrected chi connectivity index (χ1v) is 7.85. The van der Waals surface area contributed by atoms with Crippen molar-refractivity contribution in [2.75, 3.05) is 5.32 Å². The van der Waals surface area contributed by atoms with Crippen molar-refractivity contribution in [3.8, 4) is 0 Å². The molecule has 0 unspecified atom stereocenters. The molecule has 0 heterocycles. The molecule has 7 heteroatoms. The Morgan fingerprint density at radius 1 is 1.08 bits per heavy atom. The zero-order chi connectivity index (χ0) is 17.5. The topological polar surface area (TPSA) is 70.6 Å². The highest BCUT2D eigenvalue weighted by molar-refractivity contribution is 6.36. The van der Waals surface area contributed by atoms with Crippen molar-refractivity contribution < 1.29 is 9.59 Å². The Hall–Kier alpha value is -2.37. The van der Waals surface area contributed by atoms with Crippen molar-refractivity contribution in [1.29, 1.82) is 0 Å². The number of nitrogens with zero attached hydrogens (tertiary/aromatic N) is 1. The average Bonchev–Trinajstić information content (AvgIpc) is 2.56. The molecule has 0 spiro atoms. The lowest BCUT2D eigenvalue weighted by atomic mass is 10.2. The third-order valence-electron chi connectivity index (χ3n) is 3.01. The number of carbonyl (C=O) groups is 2. The van der Waals surface area contributed by atoms with Gasteiger partial charge in [-0.1, -0.05) is 41.4 Å². The summed E-state index contributed by atoms with van der Waals surface area (Å²) in [5, 5.41) is 7.42. The summed E-state index contributed by atoms with van der Waals surface area (Å²) < 4.78 is 0. The van der Waals surface area contributed by atoms with Crippen molar-refractivity contribution in [3.05, 3.63) is 64.1 Å². The molecule has 124 valence electrons. The lowest BCUT2D eigenvalue weighted by molar-refractivity contribution is -0.115. The van der Waals surface area contributed by atoms with E-state index in [0.29, 0.717) is 27.0 Å². The maximum atomic E-state index is 12.0. The first kappa shape index (κ1) is 18.0. The van der Waals surface area contributed by atoms with Gasteiger partial charge in [0.1, 0.15) is 0 Å². The molecular formula is C17H15Cl2N3O2. The van der Waals surface area contributed by atoms with Crippen molar-refractivity contribution in [3.63, 3.8) is 0 Å². The molecule has 2 rings (SSSR count). The van der Waals surface area contributed by atoms with Crippen molar-refractivity contribution in [2.45, 2.75) is 13.3 Å². The molecule has 0 saturated heterocycles. The van der Waals surface area contributed by atoms with Gasteiger partial charge in [0.25, 0.3) is 5.91 Å². The molecule has 2 amide bonds. The van der Waals surface area contributed by atoms with Crippen LogP contribution in [0, 0.1) is 0 Å². The first-order valence-electron chi connectivity index (χ1n) is 7.09. The second-order valence-corrected chi connectivity index (χ2v) is 5.85. The molecule has 24 heavy (non-hydrogen) atoms. The molecule has 0 aliphatic rings. The molecule has 0 aliphatic heterocycles. The number of anilines is 1. The van der Waals surface area contributed by atoms with Gasteiger partial charge in [0, 0.05) is 16.3 Å². The van der Waals surface area contributed by atoms with Crippen LogP contribution in [0.15, 0.2) is 53.6 Å². The number of hydrogen-bond acceptors (Lipinski definition) is 3. The summed E-state index contributed by atoms with van der Waals surface area (Å²) >= 11 is 11.8. The molecule has 0 atom stereocenters. The lowest BCUT2D eigenvalue weighted by Gasteiger charge is -2.07. The summed E-state index contributed by atoms with van der Waals surface area (Å²) in [5.41, 5.74) is 3.83. The van der Waals surface area contributed by atoms with Crippen LogP contribution in [0.25, 0.3) is 0 Å². The number of hydrazone groups is 1. The third-order valence-corrected chi connectivity index (χ3v) is 3.55. The highest BCUT2D eigenvalue weighted by Crippen LogP contribution is 2.25. The molecule has 5 nitrogen and oxygen atoms in total. The van der Waals surface area contributed by atoms with Gasteiger partial charge in [-0.2, -0.15) is 5.10 Å². The minimum absolute atomic E-state index is 0.0219. The van der Waals surface area contributed by atoms with Gasteiger partial charge in [-0.25, -0.2) is 5.43 Å². The summed E-state index contributed by atoms with van der Waals surface area (Å²) in [5.74, 6) is -0.634. The van der Waals surface area contributed by atoms with E-state index in [4.69, 9.17) is 23.2 Å². The number of nitrogens with one attached hydrogen (secondary N) is 2. The predicted molar refractivity (Wildman–Crippen MR) is 96.7 cm³/mol. The maximum Gasteiger partial charge on any atom is 0.271 e. The molecule has 0 bridgehead atoms. The number of amides is 2. The average molecular weight is 364 g/mol. The standard InChI is InChI=1S/C17H15Cl2N3O2/c1-11(21-22-17(24)12-5-3-2-4-6-12)9-16(23)20-15-8-7-13(18)10-14(15)19/h2-8,10H,9H2,1H3,(H,20,23)(H,22,24)/b21-11+. The summed E-state index contributed by atoms with van der Waals surface area (Å²) in [7, 11) is 0. The molecule has 0 aromatic heterocycles. The van der Waals surface area contributed by atoms with Crippen LogP contribution in [0.3, 0.4) is 0 Å². The number of benzene rings is 2. The van der Waals surface area contributed by atoms with Crippen LogP contribution in [-0.2, 0) is 4.79 Å². The van der Waals surface area contributed by atoms with Crippen molar-refractivity contribution >= 4 is 46.4 Å². The zero-order valence-corrected chi connectivity index (χ0v) is 14.4. The minimum atomic E-state index is -0.337. The minimum Gasteiger partial charge on any atom is -0.324 e. The van der Waals surface area contributed by atoms with Crippen LogP contribution in [0.2, 0.25) is 10.0 Å². The molecule has 0 saturated carbocycles. The monoisotopic (exact) mass is 363 g/mol. The smallest absolute Gasteiger partial charge is 0.271 e. The fourth-order valence-corrected chi connectivity index (χ4v) is 2.31. The van der Waals surface area contributed by atoms with E-state index in [2.05, 4.69) is 15.8 Å². The van der Waals surface area contributed by atoms with E-state index in [1.165, 1.54) is 0 Å². The van der Waals surface area contributed by atoms with E-state index in [-0.39, 0.29) is 18.2 Å². The quantitative estimate of drug-likeness (QED) is 0.619. The van der Waals surface area contributed by atoms with Crippen LogP contribution in [0.1, 0.15) is 23.7 Å². The Morgan fingerprint density at radius 2 is 1.79 bits per heavy atom. The van der Waals surface area contributed by atoms with Crippen LogP contribution in [0.4, 0.5) is 5.69 Å². The SMILES string of the molecule is C/C(CC(=O)Nc1ccc(Cl)cc1Cl)=N\NC(=O)c1ccccc1. The molecule has 2 aromatic rings. The van der Waals surface area contributed by atoms with E-state index in [1.807, 2.05) is 6.07 Å². The summed E-state index contributed by atoms with van der Waals surface area (Å²) in [6.07, 6.45) is 0.0219. The van der Waals surface area contributed by atoms with Crippen LogP contribution in [0.5, 0.6) is 0 Å². The van der Waals surface area contributed by atoms with Gasteiger partial charge in [-0.05, 0) is 37.3 Å². The Kier molecular flexibility index (Phi) is 6.35. The van der Waals surface area contributed by atoms with E-state index in [1.54, 1.807) is 49.4 Å². The van der Waals surface area contributed by atoms with Gasteiger partial charge in [-0.3, -0.25) is 9.59 Å². The molecular weight excluding hydrogens is 349 g/mol. The lowest BCUT2D eigenvalue weighted by Crippen LogP contribution is -2.21. The summed E-state index contributed by atoms with van der Waals surface area (Å²) in [4.78, 5) is 23.8. The van der Waals surface area contributed by atoms with Crippen molar-refractivity contribution in [2.24, 2.45) is 5.10 Å². The fraction of sp³-hybridized carbons (Fsp3) is 0.118. The van der Waals surface area contributed by atoms with Gasteiger partial charge in [0.2, 0.25) is 5.91 Å². The van der Waals surface area contributed by atoms with E-state index >= 15 is 0 Å². The third kappa shape index (κ3) is 5.37. The predicted octanol–water partition coefficient (Wildman–Crippen LogP) is 4.13. The number of carbonyl (C=O) groups excluding carboxylic acids is 2. The van der Waals surface area contributed by atoms with Gasteiger partial charge in [0.05, 0.1) is 17.1 Å². The van der Waals surface area contributed by atoms with Gasteiger partial charge in [0.15, 0.2) is 0 Å². The first-order chi connectivity index (χ1) is 11.5. The summed E-state index contributed by atoms with van der Waals surface area (Å²) in [6, 6.07) is 13.5. The van der Waals surface area contributed by atoms with Crippen LogP contribution < -0.4 is 10.7 Å². The number of rotatable bonds is 5. The number of hydrogen-bond donors (Lipinski definition) is 2. The van der Waals surface area contributed by atoms with Crippen molar-refractivity contribution in [1.82, 2.24) is 5.43 Å². The molecule has 0 radical (unpaired) electrons. The molecule has 2 aromatic carbocycles. The largest absolute Gasteiger partial charge is 0.324 e. The van der Waals surface area contributed by atoms with E-state index < -0.39 is 0 Å². The Labute approximate surface area is 149 Å². The Bertz CT molecular complexity index is 777. The highest BCUT2D eigenvalue weighted by atomic mass is 35.5. The Balaban J connectivity index is 1.90. The zero-order valence-electron chi connectivity index (χ0n) is 12.8. The highest BCUT2D eigenvalue weighted by Gasteiger charge is 2.09. The fourth-order valence-electron chi connectivity index (χ4n) is 1.86. The van der Waals surface area contributed by atoms with E-state index in [0.717, 1.165) is 0 Å².